The standard InChI is InChI=1S/C40H65N5O27/c1-12(47)41-8-19(54)26(56)32-23(43-14(3)49)17(52)6-39(70-32,37(62)63)66-11-22-29(59)31(25(35(61)67-22)45-16(5)51)69-36-30(60)34(28(58)21(10-46)68-36)72-40(38(64)65)7-18(53)24(44-15(4)50)33(71-40)27(57)20(55)9-42-13(2)48/h17-36,46,52-61H,6-11H2,1-5H3,(H,41,47)(H,42,48)(H,43,49)(H,44,50)(H,45,51)(H,62,63)(H,64,65)/t17-,18-,19+,20+,21+,22+,23+,24+,25+,26+,27+,28-,29-,30+,31+,32+,33+,34-,35+,36-,39+,40-/m0/s1. The van der Waals surface area contributed by atoms with E-state index in [1.165, 1.54) is 0 Å². The SMILES string of the molecule is CC(=O)NC[C@@H](O)[C@@H](O)[C@@H]1O[C@@](OC[C@H]2O[C@@H](O)[C@H](NC(C)=O)[C@@H](O[C@@H]3O[C@H](CO)[C@H](O)[C@H](O[C@]4(C(=O)O)C[C@H](O)[C@@H](NC(C)=O)[C@H]([C@H](O)[C@H](O)CNC(C)=O)O4)[C@H]3O)[C@H]2O)(C(=O)O)C[C@H](O)[C@H]1NC(C)=O. The number of carboxylic acid groups (broad SMARTS) is 2. The predicted molar refractivity (Wildman–Crippen MR) is 226 cm³/mol. The number of nitrogens with one attached hydrogen (secondary N) is 5. The molecule has 4 aliphatic heterocycles. The molecule has 4 fully saturated rings. The van der Waals surface area contributed by atoms with E-state index < -0.39 is 214 Å². The van der Waals surface area contributed by atoms with Crippen molar-refractivity contribution in [3.63, 3.8) is 0 Å². The van der Waals surface area contributed by atoms with E-state index in [0.29, 0.717) is 0 Å². The largest absolute Gasteiger partial charge is 0.477 e. The van der Waals surface area contributed by atoms with E-state index in [2.05, 4.69) is 26.6 Å². The number of aliphatic hydroxyl groups is 11. The van der Waals surface area contributed by atoms with Crippen LogP contribution in [0.25, 0.3) is 0 Å². The zero-order valence-corrected chi connectivity index (χ0v) is 39.3. The summed E-state index contributed by atoms with van der Waals surface area (Å²) in [5, 5.41) is 154. The third-order valence-corrected chi connectivity index (χ3v) is 12.1. The molecule has 4 saturated heterocycles. The maximum atomic E-state index is 13.1. The lowest BCUT2D eigenvalue weighted by atomic mass is 9.88. The van der Waals surface area contributed by atoms with Gasteiger partial charge in [-0.25, -0.2) is 9.59 Å². The second-order valence-electron chi connectivity index (χ2n) is 17.7. The first-order valence-corrected chi connectivity index (χ1v) is 22.3. The first-order chi connectivity index (χ1) is 33.5. The first kappa shape index (κ1) is 60.1. The molecule has 0 aliphatic carbocycles. The predicted octanol–water partition coefficient (Wildman–Crippen LogP) is -10.6. The van der Waals surface area contributed by atoms with Gasteiger partial charge in [-0.15, -0.1) is 0 Å². The van der Waals surface area contributed by atoms with Crippen molar-refractivity contribution in [1.29, 1.82) is 0 Å². The number of carboxylic acids is 2. The fraction of sp³-hybridized carbons (Fsp3) is 0.825. The summed E-state index contributed by atoms with van der Waals surface area (Å²) in [5.74, 6) is -14.1. The van der Waals surface area contributed by atoms with Crippen LogP contribution in [0.5, 0.6) is 0 Å². The minimum atomic E-state index is -3.21. The number of ether oxygens (including phenoxy) is 7. The summed E-state index contributed by atoms with van der Waals surface area (Å²) in [6.45, 7) is 1.57. The summed E-state index contributed by atoms with van der Waals surface area (Å²) in [6, 6.07) is -5.11. The molecule has 412 valence electrons. The smallest absolute Gasteiger partial charge is 0.364 e. The first-order valence-electron chi connectivity index (χ1n) is 22.3. The van der Waals surface area contributed by atoms with Crippen LogP contribution in [0.3, 0.4) is 0 Å². The molecule has 0 aromatic rings. The lowest BCUT2D eigenvalue weighted by Gasteiger charge is -2.51. The van der Waals surface area contributed by atoms with Crippen LogP contribution < -0.4 is 26.6 Å². The Morgan fingerprint density at radius 2 is 1.01 bits per heavy atom. The van der Waals surface area contributed by atoms with Gasteiger partial charge in [0, 0.05) is 60.5 Å². The van der Waals surface area contributed by atoms with E-state index in [1.807, 2.05) is 0 Å². The molecule has 72 heavy (non-hydrogen) atoms. The van der Waals surface area contributed by atoms with Gasteiger partial charge >= 0.3 is 11.9 Å². The fourth-order valence-electron chi connectivity index (χ4n) is 8.57. The van der Waals surface area contributed by atoms with Gasteiger partial charge in [-0.05, 0) is 0 Å². The van der Waals surface area contributed by atoms with Gasteiger partial charge in [-0.1, -0.05) is 0 Å². The molecule has 22 atom stereocenters. The lowest BCUT2D eigenvalue weighted by molar-refractivity contribution is -0.381. The molecule has 0 unspecified atom stereocenters. The van der Waals surface area contributed by atoms with Crippen LogP contribution in [-0.4, -0.2) is 268 Å². The Morgan fingerprint density at radius 1 is 0.583 bits per heavy atom. The van der Waals surface area contributed by atoms with Crippen molar-refractivity contribution >= 4 is 41.5 Å². The number of hydrogen-bond donors (Lipinski definition) is 18. The number of amides is 5. The second kappa shape index (κ2) is 25.2. The Labute approximate surface area is 408 Å². The molecule has 5 amide bonds. The van der Waals surface area contributed by atoms with Crippen molar-refractivity contribution in [2.45, 2.75) is 181 Å². The summed E-state index contributed by atoms with van der Waals surface area (Å²) in [6.07, 6.45) is -37.9. The fourth-order valence-corrected chi connectivity index (χ4v) is 8.57. The van der Waals surface area contributed by atoms with Crippen LogP contribution in [0.2, 0.25) is 0 Å². The highest BCUT2D eigenvalue weighted by Gasteiger charge is 2.61. The number of carbonyl (C=O) groups excluding carboxylic acids is 5. The molecule has 0 spiro atoms. The highest BCUT2D eigenvalue weighted by atomic mass is 16.8. The van der Waals surface area contributed by atoms with E-state index in [9.17, 15) is 99.9 Å². The molecule has 0 saturated carbocycles. The normalized spacial score (nSPS) is 38.7. The van der Waals surface area contributed by atoms with Crippen molar-refractivity contribution in [2.24, 2.45) is 0 Å². The zero-order chi connectivity index (χ0) is 54.3. The van der Waals surface area contributed by atoms with Crippen molar-refractivity contribution in [1.82, 2.24) is 26.6 Å². The minimum Gasteiger partial charge on any atom is -0.477 e. The Balaban J connectivity index is 1.67. The van der Waals surface area contributed by atoms with Gasteiger partial charge < -0.3 is 126 Å². The Hall–Kier alpha value is -4.43. The Bertz CT molecular complexity index is 1920. The number of hydrogen-bond acceptors (Lipinski definition) is 25. The Morgan fingerprint density at radius 3 is 1.44 bits per heavy atom. The molecule has 4 heterocycles. The topological polar surface area (TPSA) is 507 Å². The molecule has 4 aliphatic rings. The van der Waals surface area contributed by atoms with Crippen molar-refractivity contribution < 1.29 is 133 Å². The highest BCUT2D eigenvalue weighted by molar-refractivity contribution is 5.78. The molecule has 0 aromatic carbocycles. The van der Waals surface area contributed by atoms with Crippen LogP contribution >= 0.6 is 0 Å². The molecular formula is C40H65N5O27. The summed E-state index contributed by atoms with van der Waals surface area (Å²) >= 11 is 0. The molecule has 0 bridgehead atoms. The summed E-state index contributed by atoms with van der Waals surface area (Å²) in [7, 11) is 0. The van der Waals surface area contributed by atoms with Gasteiger partial charge in [0.2, 0.25) is 29.5 Å². The number of aliphatic carboxylic acids is 2. The van der Waals surface area contributed by atoms with E-state index in [0.717, 1.165) is 34.6 Å². The van der Waals surface area contributed by atoms with Crippen LogP contribution in [0.15, 0.2) is 0 Å². The molecule has 4 rings (SSSR count). The number of carbonyl (C=O) groups is 7. The van der Waals surface area contributed by atoms with Crippen LogP contribution in [0.1, 0.15) is 47.5 Å². The van der Waals surface area contributed by atoms with Crippen LogP contribution in [0, 0.1) is 0 Å². The summed E-state index contributed by atoms with van der Waals surface area (Å²) in [4.78, 5) is 85.5. The monoisotopic (exact) mass is 1050 g/mol. The van der Waals surface area contributed by atoms with Crippen LogP contribution in [-0.2, 0) is 66.7 Å². The van der Waals surface area contributed by atoms with Gasteiger partial charge in [0.1, 0.15) is 73.2 Å². The maximum Gasteiger partial charge on any atom is 0.364 e. The third-order valence-electron chi connectivity index (χ3n) is 12.1. The molecule has 32 heteroatoms. The van der Waals surface area contributed by atoms with Gasteiger partial charge in [0.05, 0.1) is 49.7 Å². The average Bonchev–Trinajstić information content (AvgIpc) is 3.29. The number of aliphatic hydroxyl groups excluding tert-OH is 11. The molecule has 32 nitrogen and oxygen atoms in total. The van der Waals surface area contributed by atoms with E-state index in [-0.39, 0.29) is 0 Å². The summed E-state index contributed by atoms with van der Waals surface area (Å²) < 4.78 is 39.6. The highest BCUT2D eigenvalue weighted by Crippen LogP contribution is 2.39. The van der Waals surface area contributed by atoms with Gasteiger partial charge in [0.25, 0.3) is 11.6 Å². The lowest BCUT2D eigenvalue weighted by Crippen LogP contribution is -2.71. The number of rotatable bonds is 21. The molecule has 0 aromatic heterocycles. The zero-order valence-electron chi connectivity index (χ0n) is 39.3. The van der Waals surface area contributed by atoms with Crippen molar-refractivity contribution in [3.05, 3.63) is 0 Å². The molecular weight excluding hydrogens is 982 g/mol. The summed E-state index contributed by atoms with van der Waals surface area (Å²) in [5.41, 5.74) is 0. The third kappa shape index (κ3) is 14.2. The van der Waals surface area contributed by atoms with Crippen molar-refractivity contribution in [3.8, 4) is 0 Å². The average molecular weight is 1050 g/mol. The maximum absolute atomic E-state index is 13.1. The van der Waals surface area contributed by atoms with Gasteiger partial charge in [-0.2, -0.15) is 0 Å². The molecule has 18 N–H and O–H groups in total. The quantitative estimate of drug-likeness (QED) is 0.0507. The van der Waals surface area contributed by atoms with Gasteiger partial charge in [0.15, 0.2) is 12.6 Å². The van der Waals surface area contributed by atoms with E-state index in [1.54, 1.807) is 0 Å². The van der Waals surface area contributed by atoms with E-state index >= 15 is 0 Å². The second-order valence-corrected chi connectivity index (χ2v) is 17.7. The molecule has 0 radical (unpaired) electrons. The van der Waals surface area contributed by atoms with E-state index in [4.69, 9.17) is 33.2 Å². The van der Waals surface area contributed by atoms with Crippen LogP contribution in [0.4, 0.5) is 0 Å². The van der Waals surface area contributed by atoms with Gasteiger partial charge in [-0.3, -0.25) is 24.0 Å². The minimum absolute atomic E-state index is 0.614. The van der Waals surface area contributed by atoms with Crippen molar-refractivity contribution in [2.75, 3.05) is 26.3 Å². The Kier molecular flexibility index (Phi) is 21.0.